The maximum atomic E-state index is 11.7. The van der Waals surface area contributed by atoms with Crippen molar-refractivity contribution >= 4 is 23.1 Å². The van der Waals surface area contributed by atoms with Crippen molar-refractivity contribution in [2.24, 2.45) is 0 Å². The Bertz CT molecular complexity index is 694. The van der Waals surface area contributed by atoms with Crippen molar-refractivity contribution in [3.8, 4) is 10.7 Å². The van der Waals surface area contributed by atoms with E-state index in [0.29, 0.717) is 18.8 Å². The fraction of sp³-hybridized carbons (Fsp3) is 0.273. The number of fused-ring (bicyclic) bond motifs is 2. The van der Waals surface area contributed by atoms with E-state index < -0.39 is 0 Å². The van der Waals surface area contributed by atoms with E-state index in [1.165, 1.54) is 11.3 Å². The van der Waals surface area contributed by atoms with Gasteiger partial charge in [0.05, 0.1) is 24.5 Å². The van der Waals surface area contributed by atoms with Gasteiger partial charge in [-0.1, -0.05) is 5.21 Å². The molecule has 2 aromatic heterocycles. The molecule has 4 rings (SSSR count). The van der Waals surface area contributed by atoms with E-state index in [1.807, 2.05) is 11.5 Å². The summed E-state index contributed by atoms with van der Waals surface area (Å²) in [4.78, 5) is 17.4. The molecule has 4 heterocycles. The Morgan fingerprint density at radius 3 is 3.10 bits per heavy atom. The summed E-state index contributed by atoms with van der Waals surface area (Å²) < 4.78 is 1.63. The van der Waals surface area contributed by atoms with E-state index in [-0.39, 0.29) is 12.1 Å². The van der Waals surface area contributed by atoms with Crippen LogP contribution in [0.1, 0.15) is 0 Å². The Labute approximate surface area is 117 Å². The van der Waals surface area contributed by atoms with Crippen LogP contribution in [0.25, 0.3) is 16.4 Å². The molecule has 2 aliphatic heterocycles. The van der Waals surface area contributed by atoms with Crippen LogP contribution >= 0.6 is 11.3 Å². The Hall–Kier alpha value is -2.26. The topological polar surface area (TPSA) is 87.4 Å². The molecule has 102 valence electrons. The first kappa shape index (κ1) is 11.6. The van der Waals surface area contributed by atoms with Crippen molar-refractivity contribution in [2.75, 3.05) is 13.1 Å². The number of amides is 2. The summed E-state index contributed by atoms with van der Waals surface area (Å²) in [6, 6.07) is -0.694. The van der Waals surface area contributed by atoms with Gasteiger partial charge in [0, 0.05) is 18.1 Å². The number of hydrogen-bond donors (Lipinski definition) is 1. The highest BCUT2D eigenvalue weighted by atomic mass is 32.1. The van der Waals surface area contributed by atoms with Crippen LogP contribution in [0, 0.1) is 0 Å². The number of hydrogen-bond acceptors (Lipinski definition) is 6. The number of carbonyl (C=O) groups excluding carboxylic acids is 1. The van der Waals surface area contributed by atoms with E-state index in [0.717, 1.165) is 15.8 Å². The second-order valence-electron chi connectivity index (χ2n) is 4.62. The van der Waals surface area contributed by atoms with Gasteiger partial charge in [-0.15, -0.1) is 16.4 Å². The molecular weight excluding hydrogens is 280 g/mol. The minimum Gasteiger partial charge on any atom is -0.314 e. The highest BCUT2D eigenvalue weighted by Gasteiger charge is 2.39. The van der Waals surface area contributed by atoms with Gasteiger partial charge >= 0.3 is 6.03 Å². The Morgan fingerprint density at radius 1 is 1.45 bits per heavy atom. The van der Waals surface area contributed by atoms with Gasteiger partial charge in [0.1, 0.15) is 10.7 Å². The predicted molar refractivity (Wildman–Crippen MR) is 69.8 cm³/mol. The quantitative estimate of drug-likeness (QED) is 0.825. The van der Waals surface area contributed by atoms with Crippen LogP contribution in [0.3, 0.4) is 0 Å². The summed E-state index contributed by atoms with van der Waals surface area (Å²) in [6.45, 7) is 0.917. The smallest absolute Gasteiger partial charge is 0.314 e. The maximum Gasteiger partial charge on any atom is 0.344 e. The molecule has 20 heavy (non-hydrogen) atoms. The Balaban J connectivity index is 1.66. The lowest BCUT2D eigenvalue weighted by Crippen LogP contribution is -2.31. The normalized spacial score (nSPS) is 21.6. The summed E-state index contributed by atoms with van der Waals surface area (Å²) in [5.41, 5.74) is 1.52. The minimum atomic E-state index is -0.374. The standard InChI is InChI=1S/C11H10N6O2S/c18-11-15-4-7(3-8(5-15)17(11)19)16-6-9(13-14-16)10-12-1-2-20-10/h1-3,6,8,19H,4-5H2. The second kappa shape index (κ2) is 4.12. The fourth-order valence-corrected chi connectivity index (χ4v) is 2.98. The first-order valence-corrected chi connectivity index (χ1v) is 6.90. The number of carbonyl (C=O) groups is 1. The van der Waals surface area contributed by atoms with E-state index in [9.17, 15) is 10.0 Å². The van der Waals surface area contributed by atoms with Crippen LogP contribution in [0.4, 0.5) is 4.79 Å². The molecular formula is C11H10N6O2S. The fourth-order valence-electron chi connectivity index (χ4n) is 2.39. The molecule has 0 spiro atoms. The van der Waals surface area contributed by atoms with Crippen LogP contribution in [0.2, 0.25) is 0 Å². The van der Waals surface area contributed by atoms with Gasteiger partial charge in [-0.3, -0.25) is 5.21 Å². The van der Waals surface area contributed by atoms with Crippen LogP contribution in [0.5, 0.6) is 0 Å². The summed E-state index contributed by atoms with van der Waals surface area (Å²) in [5, 5.41) is 21.2. The molecule has 9 heteroatoms. The average molecular weight is 290 g/mol. The van der Waals surface area contributed by atoms with E-state index >= 15 is 0 Å². The van der Waals surface area contributed by atoms with Crippen molar-refractivity contribution in [3.05, 3.63) is 23.8 Å². The van der Waals surface area contributed by atoms with Crippen molar-refractivity contribution in [1.82, 2.24) is 29.9 Å². The largest absolute Gasteiger partial charge is 0.344 e. The molecule has 2 aromatic rings. The van der Waals surface area contributed by atoms with Gasteiger partial charge in [0.15, 0.2) is 0 Å². The summed E-state index contributed by atoms with van der Waals surface area (Å²) in [5.74, 6) is 0. The first-order valence-electron chi connectivity index (χ1n) is 6.02. The molecule has 2 bridgehead atoms. The van der Waals surface area contributed by atoms with Gasteiger partial charge in [-0.2, -0.15) is 5.06 Å². The highest BCUT2D eigenvalue weighted by Crippen LogP contribution is 2.26. The lowest BCUT2D eigenvalue weighted by atomic mass is 10.2. The number of urea groups is 1. The SMILES string of the molecule is O=C1N2CC(n3cc(-c4nccs4)nn3)=CC(C2)N1O. The van der Waals surface area contributed by atoms with E-state index in [4.69, 9.17) is 0 Å². The van der Waals surface area contributed by atoms with Gasteiger partial charge in [0.25, 0.3) is 0 Å². The number of thiazole rings is 1. The molecule has 0 aromatic carbocycles. The van der Waals surface area contributed by atoms with Crippen molar-refractivity contribution < 1.29 is 10.0 Å². The number of hydroxylamine groups is 2. The highest BCUT2D eigenvalue weighted by molar-refractivity contribution is 7.13. The predicted octanol–water partition coefficient (Wildman–Crippen LogP) is 0.751. The zero-order valence-corrected chi connectivity index (χ0v) is 11.1. The third-order valence-electron chi connectivity index (χ3n) is 3.36. The van der Waals surface area contributed by atoms with Gasteiger partial charge in [-0.05, 0) is 6.08 Å². The Morgan fingerprint density at radius 2 is 2.35 bits per heavy atom. The molecule has 2 aliphatic rings. The first-order chi connectivity index (χ1) is 9.72. The monoisotopic (exact) mass is 290 g/mol. The number of nitrogens with zero attached hydrogens (tertiary/aromatic N) is 6. The van der Waals surface area contributed by atoms with Crippen LogP contribution < -0.4 is 0 Å². The van der Waals surface area contributed by atoms with E-state index in [2.05, 4.69) is 15.3 Å². The second-order valence-corrected chi connectivity index (χ2v) is 5.51. The lowest BCUT2D eigenvalue weighted by molar-refractivity contribution is -0.0450. The molecule has 1 unspecified atom stereocenters. The maximum absolute atomic E-state index is 11.7. The molecule has 0 radical (unpaired) electrons. The number of rotatable bonds is 2. The zero-order chi connectivity index (χ0) is 13.7. The van der Waals surface area contributed by atoms with Gasteiger partial charge in [-0.25, -0.2) is 14.5 Å². The zero-order valence-electron chi connectivity index (χ0n) is 10.2. The average Bonchev–Trinajstić information content (AvgIpc) is 3.17. The van der Waals surface area contributed by atoms with E-state index in [1.54, 1.807) is 22.0 Å². The molecule has 1 atom stereocenters. The lowest BCUT2D eigenvalue weighted by Gasteiger charge is -2.20. The summed E-state index contributed by atoms with van der Waals surface area (Å²) in [7, 11) is 0. The third kappa shape index (κ3) is 1.63. The molecule has 1 fully saturated rings. The van der Waals surface area contributed by atoms with Crippen LogP contribution in [-0.2, 0) is 0 Å². The molecule has 2 amide bonds. The Kier molecular flexibility index (Phi) is 2.38. The molecule has 1 N–H and O–H groups in total. The number of aromatic nitrogens is 4. The molecule has 8 nitrogen and oxygen atoms in total. The summed E-state index contributed by atoms with van der Waals surface area (Å²) >= 11 is 1.49. The van der Waals surface area contributed by atoms with Crippen molar-refractivity contribution in [2.45, 2.75) is 6.04 Å². The summed E-state index contributed by atoms with van der Waals surface area (Å²) in [6.07, 6.45) is 5.33. The van der Waals surface area contributed by atoms with Crippen LogP contribution in [0.15, 0.2) is 23.8 Å². The van der Waals surface area contributed by atoms with Crippen LogP contribution in [-0.4, -0.2) is 60.3 Å². The van der Waals surface area contributed by atoms with Gasteiger partial charge in [0.2, 0.25) is 0 Å². The van der Waals surface area contributed by atoms with Crippen molar-refractivity contribution in [1.29, 1.82) is 0 Å². The third-order valence-corrected chi connectivity index (χ3v) is 4.16. The molecule has 0 aliphatic carbocycles. The minimum absolute atomic E-state index is 0.321. The molecule has 1 saturated heterocycles. The molecule has 0 saturated carbocycles. The van der Waals surface area contributed by atoms with Gasteiger partial charge < -0.3 is 4.90 Å². The van der Waals surface area contributed by atoms with Crippen molar-refractivity contribution in [3.63, 3.8) is 0 Å².